The number of aryl methyl sites for hydroxylation is 1. The second-order valence-corrected chi connectivity index (χ2v) is 8.89. The van der Waals surface area contributed by atoms with E-state index in [9.17, 15) is 13.2 Å². The van der Waals surface area contributed by atoms with Crippen LogP contribution in [0.25, 0.3) is 11.0 Å². The minimum absolute atomic E-state index is 0.229. The van der Waals surface area contributed by atoms with Crippen molar-refractivity contribution < 1.29 is 17.9 Å². The van der Waals surface area contributed by atoms with Gasteiger partial charge in [-0.2, -0.15) is 4.31 Å². The number of rotatable bonds is 6. The Bertz CT molecular complexity index is 1150. The molecule has 0 spiro atoms. The van der Waals surface area contributed by atoms with Crippen molar-refractivity contribution >= 4 is 27.0 Å². The summed E-state index contributed by atoms with van der Waals surface area (Å²) < 4.78 is 33.7. The summed E-state index contributed by atoms with van der Waals surface area (Å²) in [5.41, 5.74) is 2.85. The molecule has 1 N–H and O–H groups in total. The smallest absolute Gasteiger partial charge is 0.251 e. The molecule has 1 aromatic heterocycles. The lowest BCUT2D eigenvalue weighted by Crippen LogP contribution is -2.40. The fourth-order valence-electron chi connectivity index (χ4n) is 3.35. The van der Waals surface area contributed by atoms with Gasteiger partial charge in [-0.3, -0.25) is 4.79 Å². The Labute approximate surface area is 174 Å². The van der Waals surface area contributed by atoms with Crippen LogP contribution in [0.1, 0.15) is 22.8 Å². The summed E-state index contributed by atoms with van der Waals surface area (Å²) in [5.74, 6) is -0.229. The summed E-state index contributed by atoms with van der Waals surface area (Å²) >= 11 is 0. The lowest BCUT2D eigenvalue weighted by molar-refractivity contribution is 0.0730. The highest BCUT2D eigenvalue weighted by Crippen LogP contribution is 2.18. The molecule has 0 bridgehead atoms. The van der Waals surface area contributed by atoms with E-state index in [0.717, 1.165) is 11.1 Å². The normalized spacial score (nSPS) is 15.4. The van der Waals surface area contributed by atoms with E-state index in [-0.39, 0.29) is 17.3 Å². The van der Waals surface area contributed by atoms with Crippen molar-refractivity contribution in [2.75, 3.05) is 26.3 Å². The molecule has 4 rings (SSSR count). The van der Waals surface area contributed by atoms with Gasteiger partial charge in [0, 0.05) is 31.7 Å². The number of sulfonamides is 1. The number of aromatic nitrogens is 3. The average Bonchev–Trinajstić information content (AvgIpc) is 3.20. The topological polar surface area (TPSA) is 106 Å². The predicted molar refractivity (Wildman–Crippen MR) is 110 cm³/mol. The second-order valence-electron chi connectivity index (χ2n) is 6.95. The number of hydrogen-bond donors (Lipinski definition) is 1. The van der Waals surface area contributed by atoms with Crippen LogP contribution in [0.5, 0.6) is 0 Å². The highest BCUT2D eigenvalue weighted by molar-refractivity contribution is 7.89. The molecule has 1 aliphatic heterocycles. The molecule has 1 saturated heterocycles. The molecule has 0 radical (unpaired) electrons. The number of morpholine rings is 1. The maximum Gasteiger partial charge on any atom is 0.251 e. The van der Waals surface area contributed by atoms with E-state index in [1.165, 1.54) is 4.31 Å². The van der Waals surface area contributed by atoms with Gasteiger partial charge in [0.25, 0.3) is 5.91 Å². The van der Waals surface area contributed by atoms with E-state index in [1.54, 1.807) is 41.1 Å². The second kappa shape index (κ2) is 8.50. The number of benzene rings is 2. The van der Waals surface area contributed by atoms with Gasteiger partial charge in [0.1, 0.15) is 5.52 Å². The first-order valence-electron chi connectivity index (χ1n) is 9.77. The first-order chi connectivity index (χ1) is 14.5. The molecule has 0 unspecified atom stereocenters. The quantitative estimate of drug-likeness (QED) is 0.635. The standard InChI is InChI=1S/C20H23N5O4S/c1-2-25-19-8-5-16(13-18(19)22-23-25)20(26)21-14-15-3-6-17(7-4-15)30(27,28)24-9-11-29-12-10-24/h3-8,13H,2,9-12,14H2,1H3,(H,21,26). The molecule has 10 heteroatoms. The molecule has 0 aliphatic carbocycles. The molecule has 3 aromatic rings. The molecule has 0 atom stereocenters. The van der Waals surface area contributed by atoms with Crippen LogP contribution in [-0.4, -0.2) is 59.9 Å². The molecule has 9 nitrogen and oxygen atoms in total. The minimum atomic E-state index is -3.52. The molecule has 0 saturated carbocycles. The lowest BCUT2D eigenvalue weighted by Gasteiger charge is -2.26. The molecule has 2 heterocycles. The summed E-state index contributed by atoms with van der Waals surface area (Å²) in [6.45, 7) is 4.50. The molecule has 1 amide bonds. The third-order valence-corrected chi connectivity index (χ3v) is 6.97. The third-order valence-electron chi connectivity index (χ3n) is 5.06. The number of nitrogens with one attached hydrogen (secondary N) is 1. The van der Waals surface area contributed by atoms with Gasteiger partial charge >= 0.3 is 0 Å². The Hall–Kier alpha value is -2.82. The molecule has 2 aromatic carbocycles. The number of ether oxygens (including phenoxy) is 1. The van der Waals surface area contributed by atoms with Crippen LogP contribution < -0.4 is 5.32 Å². The number of amides is 1. The summed E-state index contributed by atoms with van der Waals surface area (Å²) in [5, 5.41) is 11.0. The fraction of sp³-hybridized carbons (Fsp3) is 0.350. The predicted octanol–water partition coefficient (Wildman–Crippen LogP) is 1.40. The van der Waals surface area contributed by atoms with Crippen molar-refractivity contribution in [3.63, 3.8) is 0 Å². The maximum absolute atomic E-state index is 12.7. The summed E-state index contributed by atoms with van der Waals surface area (Å²) in [6, 6.07) is 11.8. The van der Waals surface area contributed by atoms with E-state index in [0.29, 0.717) is 43.9 Å². The van der Waals surface area contributed by atoms with E-state index < -0.39 is 10.0 Å². The van der Waals surface area contributed by atoms with Gasteiger partial charge in [0.15, 0.2) is 0 Å². The first-order valence-corrected chi connectivity index (χ1v) is 11.2. The Morgan fingerprint density at radius 1 is 1.13 bits per heavy atom. The molecule has 158 valence electrons. The van der Waals surface area contributed by atoms with Crippen LogP contribution in [0.2, 0.25) is 0 Å². The number of hydrogen-bond acceptors (Lipinski definition) is 6. The lowest BCUT2D eigenvalue weighted by atomic mass is 10.1. The third kappa shape index (κ3) is 4.07. The van der Waals surface area contributed by atoms with Gasteiger partial charge in [-0.15, -0.1) is 5.10 Å². The Morgan fingerprint density at radius 2 is 1.87 bits per heavy atom. The molecular formula is C20H23N5O4S. The van der Waals surface area contributed by atoms with Crippen molar-refractivity contribution in [3.8, 4) is 0 Å². The van der Waals surface area contributed by atoms with Crippen LogP contribution in [-0.2, 0) is 27.8 Å². The van der Waals surface area contributed by atoms with Crippen LogP contribution in [0, 0.1) is 0 Å². The summed E-state index contributed by atoms with van der Waals surface area (Å²) in [4.78, 5) is 12.7. The summed E-state index contributed by atoms with van der Waals surface area (Å²) in [7, 11) is -3.52. The SMILES string of the molecule is CCn1nnc2cc(C(=O)NCc3ccc(S(=O)(=O)N4CCOCC4)cc3)ccc21. The zero-order valence-electron chi connectivity index (χ0n) is 16.6. The number of fused-ring (bicyclic) bond motifs is 1. The van der Waals surface area contributed by atoms with Gasteiger partial charge in [-0.05, 0) is 42.8 Å². The Balaban J connectivity index is 1.40. The highest BCUT2D eigenvalue weighted by atomic mass is 32.2. The zero-order chi connectivity index (χ0) is 21.1. The zero-order valence-corrected chi connectivity index (χ0v) is 17.4. The van der Waals surface area contributed by atoms with Gasteiger partial charge in [-0.1, -0.05) is 17.3 Å². The largest absolute Gasteiger partial charge is 0.379 e. The maximum atomic E-state index is 12.7. The van der Waals surface area contributed by atoms with Crippen molar-refractivity contribution in [1.82, 2.24) is 24.6 Å². The molecule has 30 heavy (non-hydrogen) atoms. The number of nitrogens with zero attached hydrogens (tertiary/aromatic N) is 4. The first kappa shape index (κ1) is 20.5. The number of carbonyl (C=O) groups excluding carboxylic acids is 1. The monoisotopic (exact) mass is 429 g/mol. The Morgan fingerprint density at radius 3 is 2.57 bits per heavy atom. The average molecular weight is 430 g/mol. The van der Waals surface area contributed by atoms with Crippen molar-refractivity contribution in [2.45, 2.75) is 24.9 Å². The fourth-order valence-corrected chi connectivity index (χ4v) is 4.75. The van der Waals surface area contributed by atoms with E-state index in [2.05, 4.69) is 15.6 Å². The van der Waals surface area contributed by atoms with Crippen LogP contribution in [0.3, 0.4) is 0 Å². The summed E-state index contributed by atoms with van der Waals surface area (Å²) in [6.07, 6.45) is 0. The molecule has 1 fully saturated rings. The van der Waals surface area contributed by atoms with E-state index >= 15 is 0 Å². The van der Waals surface area contributed by atoms with Crippen molar-refractivity contribution in [2.24, 2.45) is 0 Å². The minimum Gasteiger partial charge on any atom is -0.379 e. The van der Waals surface area contributed by atoms with E-state index in [4.69, 9.17) is 4.74 Å². The number of carbonyl (C=O) groups is 1. The van der Waals surface area contributed by atoms with Gasteiger partial charge in [-0.25, -0.2) is 13.1 Å². The van der Waals surface area contributed by atoms with Gasteiger partial charge < -0.3 is 10.1 Å². The van der Waals surface area contributed by atoms with Crippen molar-refractivity contribution in [3.05, 3.63) is 53.6 Å². The molecule has 1 aliphatic rings. The van der Waals surface area contributed by atoms with Crippen molar-refractivity contribution in [1.29, 1.82) is 0 Å². The molecular weight excluding hydrogens is 406 g/mol. The van der Waals surface area contributed by atoms with Crippen LogP contribution in [0.4, 0.5) is 0 Å². The van der Waals surface area contributed by atoms with Gasteiger partial charge in [0.05, 0.1) is 23.6 Å². The highest BCUT2D eigenvalue weighted by Gasteiger charge is 2.26. The van der Waals surface area contributed by atoms with Crippen LogP contribution >= 0.6 is 0 Å². The van der Waals surface area contributed by atoms with Gasteiger partial charge in [0.2, 0.25) is 10.0 Å². The van der Waals surface area contributed by atoms with Crippen LogP contribution in [0.15, 0.2) is 47.4 Å². The Kier molecular flexibility index (Phi) is 5.80. The van der Waals surface area contributed by atoms with E-state index in [1.807, 2.05) is 13.0 Å².